The van der Waals surface area contributed by atoms with Crippen molar-refractivity contribution in [3.8, 4) is 12.3 Å². The normalized spacial score (nSPS) is 29.1. The van der Waals surface area contributed by atoms with Crippen LogP contribution in [0.2, 0.25) is 0 Å². The third kappa shape index (κ3) is 1.45. The fourth-order valence-corrected chi connectivity index (χ4v) is 1.96. The van der Waals surface area contributed by atoms with Gasteiger partial charge in [-0.2, -0.15) is 11.8 Å². The molecule has 8 heavy (non-hydrogen) atoms. The maximum absolute atomic E-state index is 5.24. The molecule has 1 rings (SSSR count). The SMILES string of the molecule is C#CC1CCCSC1. The van der Waals surface area contributed by atoms with E-state index in [2.05, 4.69) is 5.92 Å². The average Bonchev–Trinajstić information content (AvgIpc) is 1.90. The van der Waals surface area contributed by atoms with Crippen molar-refractivity contribution in [2.24, 2.45) is 5.92 Å². The van der Waals surface area contributed by atoms with Gasteiger partial charge in [0.1, 0.15) is 0 Å². The van der Waals surface area contributed by atoms with Crippen molar-refractivity contribution in [2.45, 2.75) is 12.8 Å². The zero-order chi connectivity index (χ0) is 5.82. The fourth-order valence-electron chi connectivity index (χ4n) is 0.872. The van der Waals surface area contributed by atoms with Crippen LogP contribution < -0.4 is 0 Å². The van der Waals surface area contributed by atoms with Gasteiger partial charge in [0.15, 0.2) is 0 Å². The van der Waals surface area contributed by atoms with Gasteiger partial charge in [-0.1, -0.05) is 0 Å². The lowest BCUT2D eigenvalue weighted by Crippen LogP contribution is -2.07. The van der Waals surface area contributed by atoms with Crippen molar-refractivity contribution in [3.05, 3.63) is 0 Å². The highest BCUT2D eigenvalue weighted by molar-refractivity contribution is 7.99. The Hall–Kier alpha value is -0.0900. The van der Waals surface area contributed by atoms with Gasteiger partial charge < -0.3 is 0 Å². The number of terminal acetylenes is 1. The van der Waals surface area contributed by atoms with Gasteiger partial charge in [-0.3, -0.25) is 0 Å². The van der Waals surface area contributed by atoms with E-state index in [1.807, 2.05) is 11.8 Å². The molecule has 0 nitrogen and oxygen atoms in total. The van der Waals surface area contributed by atoms with Crippen LogP contribution in [0.1, 0.15) is 12.8 Å². The quantitative estimate of drug-likeness (QED) is 0.446. The summed E-state index contributed by atoms with van der Waals surface area (Å²) in [6.07, 6.45) is 7.81. The first-order valence-electron chi connectivity index (χ1n) is 2.97. The van der Waals surface area contributed by atoms with Crippen molar-refractivity contribution < 1.29 is 0 Å². The molecule has 1 unspecified atom stereocenters. The second-order valence-corrected chi connectivity index (χ2v) is 3.23. The molecule has 1 atom stereocenters. The molecule has 1 heteroatoms. The Morgan fingerprint density at radius 3 is 2.88 bits per heavy atom. The van der Waals surface area contributed by atoms with Crippen LogP contribution in [0.25, 0.3) is 0 Å². The van der Waals surface area contributed by atoms with Crippen LogP contribution in [0.4, 0.5) is 0 Å². The number of hydrogen-bond acceptors (Lipinski definition) is 1. The summed E-state index contributed by atoms with van der Waals surface area (Å²) in [7, 11) is 0. The molecule has 1 fully saturated rings. The van der Waals surface area contributed by atoms with Gasteiger partial charge in [0, 0.05) is 11.7 Å². The third-order valence-electron chi connectivity index (χ3n) is 1.40. The minimum absolute atomic E-state index is 0.578. The van der Waals surface area contributed by atoms with Crippen LogP contribution >= 0.6 is 11.8 Å². The fraction of sp³-hybridized carbons (Fsp3) is 0.714. The molecule has 1 aliphatic rings. The van der Waals surface area contributed by atoms with E-state index in [0.29, 0.717) is 5.92 Å². The lowest BCUT2D eigenvalue weighted by atomic mass is 10.1. The molecule has 0 N–H and O–H groups in total. The number of rotatable bonds is 0. The molecule has 0 aromatic heterocycles. The van der Waals surface area contributed by atoms with Crippen molar-refractivity contribution in [3.63, 3.8) is 0 Å². The molecule has 1 saturated heterocycles. The number of thioether (sulfide) groups is 1. The molecular formula is C7H10S. The molecule has 1 heterocycles. The largest absolute Gasteiger partial charge is 0.161 e. The summed E-state index contributed by atoms with van der Waals surface area (Å²) >= 11 is 1.99. The minimum atomic E-state index is 0.578. The highest BCUT2D eigenvalue weighted by atomic mass is 32.2. The van der Waals surface area contributed by atoms with Crippen molar-refractivity contribution in [1.82, 2.24) is 0 Å². The predicted molar refractivity (Wildman–Crippen MR) is 38.9 cm³/mol. The van der Waals surface area contributed by atoms with Gasteiger partial charge in [-0.25, -0.2) is 0 Å². The minimum Gasteiger partial charge on any atom is -0.161 e. The van der Waals surface area contributed by atoms with E-state index in [-0.39, 0.29) is 0 Å². The predicted octanol–water partition coefficient (Wildman–Crippen LogP) is 1.76. The van der Waals surface area contributed by atoms with E-state index in [9.17, 15) is 0 Å². The highest BCUT2D eigenvalue weighted by Crippen LogP contribution is 2.21. The van der Waals surface area contributed by atoms with Crippen LogP contribution in [-0.2, 0) is 0 Å². The van der Waals surface area contributed by atoms with E-state index in [0.717, 1.165) is 0 Å². The molecule has 0 saturated carbocycles. The first-order chi connectivity index (χ1) is 3.93. The van der Waals surface area contributed by atoms with Crippen LogP contribution in [0.3, 0.4) is 0 Å². The Morgan fingerprint density at radius 1 is 1.62 bits per heavy atom. The second-order valence-electron chi connectivity index (χ2n) is 2.08. The third-order valence-corrected chi connectivity index (χ3v) is 2.61. The Kier molecular flexibility index (Phi) is 2.29. The lowest BCUT2D eigenvalue weighted by Gasteiger charge is -2.14. The standard InChI is InChI=1S/C7H10S/c1-2-7-4-3-5-8-6-7/h1,7H,3-6H2. The molecule has 0 amide bonds. The summed E-state index contributed by atoms with van der Waals surface area (Å²) in [6, 6.07) is 0. The van der Waals surface area contributed by atoms with Gasteiger partial charge in [0.2, 0.25) is 0 Å². The van der Waals surface area contributed by atoms with E-state index in [1.165, 1.54) is 24.3 Å². The maximum Gasteiger partial charge on any atom is 0.0291 e. The Balaban J connectivity index is 2.25. The van der Waals surface area contributed by atoms with Crippen LogP contribution in [-0.4, -0.2) is 11.5 Å². The van der Waals surface area contributed by atoms with Gasteiger partial charge >= 0.3 is 0 Å². The Bertz CT molecular complexity index is 95.4. The molecule has 0 aromatic carbocycles. The first kappa shape index (κ1) is 6.04. The highest BCUT2D eigenvalue weighted by Gasteiger charge is 2.09. The molecule has 1 aliphatic heterocycles. The Labute approximate surface area is 55.0 Å². The van der Waals surface area contributed by atoms with Gasteiger partial charge in [-0.05, 0) is 18.6 Å². The van der Waals surface area contributed by atoms with E-state index >= 15 is 0 Å². The molecule has 0 bridgehead atoms. The summed E-state index contributed by atoms with van der Waals surface area (Å²) < 4.78 is 0. The first-order valence-corrected chi connectivity index (χ1v) is 4.13. The topological polar surface area (TPSA) is 0 Å². The summed E-state index contributed by atoms with van der Waals surface area (Å²) in [4.78, 5) is 0. The van der Waals surface area contributed by atoms with Gasteiger partial charge in [0.05, 0.1) is 0 Å². The van der Waals surface area contributed by atoms with Crippen molar-refractivity contribution in [2.75, 3.05) is 11.5 Å². The zero-order valence-corrected chi connectivity index (χ0v) is 5.71. The van der Waals surface area contributed by atoms with Crippen LogP contribution in [0.5, 0.6) is 0 Å². The monoisotopic (exact) mass is 126 g/mol. The number of hydrogen-bond donors (Lipinski definition) is 0. The summed E-state index contributed by atoms with van der Waals surface area (Å²) in [6.45, 7) is 0. The average molecular weight is 126 g/mol. The van der Waals surface area contributed by atoms with Crippen molar-refractivity contribution in [1.29, 1.82) is 0 Å². The van der Waals surface area contributed by atoms with E-state index in [4.69, 9.17) is 6.42 Å². The van der Waals surface area contributed by atoms with Gasteiger partial charge in [-0.15, -0.1) is 12.3 Å². The van der Waals surface area contributed by atoms with Crippen LogP contribution in [0.15, 0.2) is 0 Å². The van der Waals surface area contributed by atoms with Gasteiger partial charge in [0.25, 0.3) is 0 Å². The molecular weight excluding hydrogens is 116 g/mol. The van der Waals surface area contributed by atoms with Crippen LogP contribution in [0, 0.1) is 18.3 Å². The Morgan fingerprint density at radius 2 is 2.50 bits per heavy atom. The summed E-state index contributed by atoms with van der Waals surface area (Å²) in [5.41, 5.74) is 0. The molecule has 44 valence electrons. The van der Waals surface area contributed by atoms with E-state index in [1.54, 1.807) is 0 Å². The second kappa shape index (κ2) is 3.04. The summed E-state index contributed by atoms with van der Waals surface area (Å²) in [5.74, 6) is 5.87. The molecule has 0 aliphatic carbocycles. The van der Waals surface area contributed by atoms with Crippen molar-refractivity contribution >= 4 is 11.8 Å². The lowest BCUT2D eigenvalue weighted by molar-refractivity contribution is 0.649. The molecule has 0 aromatic rings. The summed E-state index contributed by atoms with van der Waals surface area (Å²) in [5, 5.41) is 0. The smallest absolute Gasteiger partial charge is 0.0291 e. The molecule has 0 spiro atoms. The maximum atomic E-state index is 5.24. The van der Waals surface area contributed by atoms with E-state index < -0.39 is 0 Å². The zero-order valence-electron chi connectivity index (χ0n) is 4.89. The molecule has 0 radical (unpaired) electrons.